The van der Waals surface area contributed by atoms with Crippen LogP contribution < -0.4 is 5.73 Å². The number of thioether (sulfide) groups is 1. The van der Waals surface area contributed by atoms with Crippen molar-refractivity contribution in [1.82, 2.24) is 9.97 Å². The van der Waals surface area contributed by atoms with Crippen molar-refractivity contribution in [2.45, 2.75) is 24.9 Å². The van der Waals surface area contributed by atoms with Gasteiger partial charge in [-0.1, -0.05) is 25.1 Å². The minimum absolute atomic E-state index is 0.774. The molecular weight excluding hydrogens is 206 g/mol. The van der Waals surface area contributed by atoms with Gasteiger partial charge in [0.2, 0.25) is 0 Å². The lowest BCUT2D eigenvalue weighted by atomic mass is 10.3. The number of nitrogens with two attached hydrogens (primary N) is 1. The van der Waals surface area contributed by atoms with Gasteiger partial charge >= 0.3 is 0 Å². The number of nitrogens with one attached hydrogen (secondary N) is 1. The van der Waals surface area contributed by atoms with Crippen LogP contribution >= 0.6 is 11.8 Å². The van der Waals surface area contributed by atoms with Gasteiger partial charge in [0.05, 0.1) is 11.0 Å². The van der Waals surface area contributed by atoms with Crippen molar-refractivity contribution in [2.75, 3.05) is 11.5 Å². The van der Waals surface area contributed by atoms with Gasteiger partial charge in [-0.2, -0.15) is 0 Å². The van der Waals surface area contributed by atoms with Crippen LogP contribution in [0.25, 0.3) is 11.0 Å². The minimum Gasteiger partial charge on any atom is -0.399 e. The zero-order chi connectivity index (χ0) is 10.7. The Balaban J connectivity index is 2.16. The number of rotatable bonds is 4. The number of fused-ring (bicyclic) bond motifs is 1. The highest BCUT2D eigenvalue weighted by molar-refractivity contribution is 7.99. The summed E-state index contributed by atoms with van der Waals surface area (Å²) in [6.45, 7) is 2.19. The first-order valence-corrected chi connectivity index (χ1v) is 6.16. The monoisotopic (exact) mass is 221 g/mol. The van der Waals surface area contributed by atoms with Crippen LogP contribution in [0.5, 0.6) is 0 Å². The summed E-state index contributed by atoms with van der Waals surface area (Å²) < 4.78 is 0. The van der Waals surface area contributed by atoms with E-state index in [1.165, 1.54) is 12.8 Å². The number of anilines is 1. The molecule has 3 N–H and O–H groups in total. The molecule has 15 heavy (non-hydrogen) atoms. The van der Waals surface area contributed by atoms with E-state index in [1.807, 2.05) is 18.2 Å². The largest absolute Gasteiger partial charge is 0.399 e. The Morgan fingerprint density at radius 2 is 2.33 bits per heavy atom. The van der Waals surface area contributed by atoms with Crippen molar-refractivity contribution in [3.8, 4) is 0 Å². The Morgan fingerprint density at radius 1 is 1.47 bits per heavy atom. The van der Waals surface area contributed by atoms with Crippen LogP contribution in [0.4, 0.5) is 5.69 Å². The molecule has 0 spiro atoms. The highest BCUT2D eigenvalue weighted by Crippen LogP contribution is 2.21. The number of nitrogens with zero attached hydrogens (tertiary/aromatic N) is 1. The standard InChI is InChI=1S/C11H15N3S/c1-2-3-6-15-11-13-9-5-4-8(12)7-10(9)14-11/h4-5,7H,2-3,6,12H2,1H3,(H,13,14). The molecule has 0 aliphatic heterocycles. The highest BCUT2D eigenvalue weighted by atomic mass is 32.2. The lowest BCUT2D eigenvalue weighted by Gasteiger charge is -1.93. The highest BCUT2D eigenvalue weighted by Gasteiger charge is 2.02. The fraction of sp³-hybridized carbons (Fsp3) is 0.364. The van der Waals surface area contributed by atoms with Gasteiger partial charge < -0.3 is 10.7 Å². The first-order valence-electron chi connectivity index (χ1n) is 5.17. The van der Waals surface area contributed by atoms with Gasteiger partial charge in [0.1, 0.15) is 0 Å². The van der Waals surface area contributed by atoms with Crippen LogP contribution in [0.2, 0.25) is 0 Å². The first-order chi connectivity index (χ1) is 7.29. The van der Waals surface area contributed by atoms with Crippen molar-refractivity contribution in [3.05, 3.63) is 18.2 Å². The Bertz CT molecular complexity index is 450. The van der Waals surface area contributed by atoms with Crippen molar-refractivity contribution in [1.29, 1.82) is 0 Å². The van der Waals surface area contributed by atoms with Gasteiger partial charge in [0.15, 0.2) is 5.16 Å². The van der Waals surface area contributed by atoms with E-state index in [0.717, 1.165) is 27.6 Å². The maximum absolute atomic E-state index is 5.70. The van der Waals surface area contributed by atoms with Gasteiger partial charge in [0.25, 0.3) is 0 Å². The third-order valence-corrected chi connectivity index (χ3v) is 3.18. The molecule has 0 saturated carbocycles. The fourth-order valence-electron chi connectivity index (χ4n) is 1.39. The Labute approximate surface area is 93.5 Å². The molecule has 1 aromatic heterocycles. The average molecular weight is 221 g/mol. The molecule has 0 atom stereocenters. The quantitative estimate of drug-likeness (QED) is 0.474. The van der Waals surface area contributed by atoms with E-state index in [-0.39, 0.29) is 0 Å². The lowest BCUT2D eigenvalue weighted by molar-refractivity contribution is 0.893. The van der Waals surface area contributed by atoms with E-state index in [1.54, 1.807) is 11.8 Å². The van der Waals surface area contributed by atoms with Crippen LogP contribution in [-0.2, 0) is 0 Å². The van der Waals surface area contributed by atoms with Gasteiger partial charge in [-0.3, -0.25) is 0 Å². The molecule has 0 aliphatic carbocycles. The molecule has 2 aromatic rings. The number of hydrogen-bond donors (Lipinski definition) is 2. The second kappa shape index (κ2) is 4.57. The zero-order valence-corrected chi connectivity index (χ0v) is 9.60. The second-order valence-electron chi connectivity index (χ2n) is 3.52. The van der Waals surface area contributed by atoms with E-state index in [0.29, 0.717) is 0 Å². The molecule has 0 fully saturated rings. The molecule has 80 valence electrons. The number of benzene rings is 1. The summed E-state index contributed by atoms with van der Waals surface area (Å²) in [5.74, 6) is 1.12. The summed E-state index contributed by atoms with van der Waals surface area (Å²) in [6.07, 6.45) is 2.45. The third-order valence-electron chi connectivity index (χ3n) is 2.22. The molecule has 0 bridgehead atoms. The predicted molar refractivity (Wildman–Crippen MR) is 66.1 cm³/mol. The number of aromatic nitrogens is 2. The molecule has 2 rings (SSSR count). The smallest absolute Gasteiger partial charge is 0.166 e. The lowest BCUT2D eigenvalue weighted by Crippen LogP contribution is -1.82. The SMILES string of the molecule is CCCCSc1nc2ccc(N)cc2[nH]1. The minimum atomic E-state index is 0.774. The summed E-state index contributed by atoms with van der Waals surface area (Å²) >= 11 is 1.77. The summed E-state index contributed by atoms with van der Waals surface area (Å²) in [4.78, 5) is 7.74. The van der Waals surface area contributed by atoms with Crippen molar-refractivity contribution >= 4 is 28.5 Å². The number of hydrogen-bond acceptors (Lipinski definition) is 3. The van der Waals surface area contributed by atoms with Gasteiger partial charge in [-0.15, -0.1) is 0 Å². The molecule has 1 heterocycles. The number of imidazole rings is 1. The zero-order valence-electron chi connectivity index (χ0n) is 8.79. The van der Waals surface area contributed by atoms with E-state index >= 15 is 0 Å². The predicted octanol–water partition coefficient (Wildman–Crippen LogP) is 3.04. The van der Waals surface area contributed by atoms with Gasteiger partial charge in [-0.25, -0.2) is 4.98 Å². The summed E-state index contributed by atoms with van der Waals surface area (Å²) in [6, 6.07) is 5.75. The molecule has 4 heteroatoms. The Morgan fingerprint density at radius 3 is 3.13 bits per heavy atom. The van der Waals surface area contributed by atoms with Gasteiger partial charge in [-0.05, 0) is 24.6 Å². The van der Waals surface area contributed by atoms with Crippen LogP contribution in [-0.4, -0.2) is 15.7 Å². The Hall–Kier alpha value is -1.16. The molecule has 0 radical (unpaired) electrons. The van der Waals surface area contributed by atoms with Crippen molar-refractivity contribution in [2.24, 2.45) is 0 Å². The van der Waals surface area contributed by atoms with Crippen molar-refractivity contribution < 1.29 is 0 Å². The van der Waals surface area contributed by atoms with Crippen LogP contribution in [0.1, 0.15) is 19.8 Å². The number of H-pyrrole nitrogens is 1. The molecule has 0 saturated heterocycles. The summed E-state index contributed by atoms with van der Waals surface area (Å²) in [5, 5.41) is 0.990. The number of nitrogen functional groups attached to an aromatic ring is 1. The maximum atomic E-state index is 5.70. The van der Waals surface area contributed by atoms with Crippen LogP contribution in [0.3, 0.4) is 0 Å². The van der Waals surface area contributed by atoms with Gasteiger partial charge in [0, 0.05) is 11.4 Å². The average Bonchev–Trinajstić information content (AvgIpc) is 2.60. The van der Waals surface area contributed by atoms with Crippen LogP contribution in [0, 0.1) is 0 Å². The van der Waals surface area contributed by atoms with Crippen molar-refractivity contribution in [3.63, 3.8) is 0 Å². The van der Waals surface area contributed by atoms with E-state index < -0.39 is 0 Å². The van der Waals surface area contributed by atoms with E-state index in [4.69, 9.17) is 5.73 Å². The second-order valence-corrected chi connectivity index (χ2v) is 4.60. The first kappa shape index (κ1) is 10.4. The molecule has 3 nitrogen and oxygen atoms in total. The third kappa shape index (κ3) is 2.45. The molecular formula is C11H15N3S. The molecule has 0 amide bonds. The summed E-state index contributed by atoms with van der Waals surface area (Å²) in [7, 11) is 0. The van der Waals surface area contributed by atoms with E-state index in [9.17, 15) is 0 Å². The summed E-state index contributed by atoms with van der Waals surface area (Å²) in [5.41, 5.74) is 8.49. The Kier molecular flexibility index (Phi) is 3.16. The topological polar surface area (TPSA) is 54.7 Å². The van der Waals surface area contributed by atoms with Crippen LogP contribution in [0.15, 0.2) is 23.4 Å². The number of aromatic amines is 1. The molecule has 1 aromatic carbocycles. The maximum Gasteiger partial charge on any atom is 0.166 e. The molecule has 0 unspecified atom stereocenters. The van der Waals surface area contributed by atoms with E-state index in [2.05, 4.69) is 16.9 Å². The molecule has 0 aliphatic rings. The number of unbranched alkanes of at least 4 members (excludes halogenated alkanes) is 1. The fourth-order valence-corrected chi connectivity index (χ4v) is 2.36. The normalized spacial score (nSPS) is 11.0.